The van der Waals surface area contributed by atoms with Gasteiger partial charge >= 0.3 is 71.6 Å². The van der Waals surface area contributed by atoms with Crippen LogP contribution in [0.3, 0.4) is 0 Å². The lowest BCUT2D eigenvalue weighted by atomic mass is 9.85. The summed E-state index contributed by atoms with van der Waals surface area (Å²) in [6.07, 6.45) is -5.33. The molecule has 0 aromatic heterocycles. The molecule has 0 aromatic carbocycles. The first-order chi connectivity index (χ1) is 15.4. The summed E-state index contributed by atoms with van der Waals surface area (Å²) in [5.41, 5.74) is 0. The van der Waals surface area contributed by atoms with E-state index in [0.717, 1.165) is 0 Å². The van der Waals surface area contributed by atoms with E-state index in [0.29, 0.717) is 0 Å². The molecule has 0 unspecified atom stereocenters. The first kappa shape index (κ1) is 35.3. The molecule has 0 heterocycles. The molecule has 0 bridgehead atoms. The summed E-state index contributed by atoms with van der Waals surface area (Å²) >= 11 is 0. The molecule has 0 rings (SSSR count). The van der Waals surface area contributed by atoms with Crippen LogP contribution in [0.4, 0.5) is 105 Å². The van der Waals surface area contributed by atoms with Crippen molar-refractivity contribution in [3.05, 3.63) is 6.43 Å². The lowest BCUT2D eigenvalue weighted by molar-refractivity contribution is -0.474. The molecular weight excluding hydrogens is 612 g/mol. The molecule has 0 atom stereocenters. The van der Waals surface area contributed by atoms with Crippen LogP contribution in [0.2, 0.25) is 0 Å². The first-order valence-corrected chi connectivity index (χ1v) is 7.79. The van der Waals surface area contributed by atoms with Gasteiger partial charge in [0.15, 0.2) is 0 Å². The van der Waals surface area contributed by atoms with Gasteiger partial charge in [0.05, 0.1) is 0 Å². The number of hydrogen-bond donors (Lipinski definition) is 0. The molecule has 1 radical (unpaired) electrons. The van der Waals surface area contributed by atoms with Crippen LogP contribution in [-0.2, 0) is 0 Å². The predicted molar refractivity (Wildman–Crippen MR) is 65.5 cm³/mol. The van der Waals surface area contributed by atoms with Crippen LogP contribution in [0, 0.1) is 6.43 Å². The number of halogens is 24. The van der Waals surface area contributed by atoms with Crippen molar-refractivity contribution in [3.8, 4) is 0 Å². The first-order valence-electron chi connectivity index (χ1n) is 7.79. The highest BCUT2D eigenvalue weighted by molar-refractivity contribution is 5.20. The van der Waals surface area contributed by atoms with Gasteiger partial charge in [0.25, 0.3) is 0 Å². The average molecular weight is 615 g/mol. The van der Waals surface area contributed by atoms with Crippen LogP contribution in [-0.4, -0.2) is 65.1 Å². The summed E-state index contributed by atoms with van der Waals surface area (Å²) in [6.45, 7) is -1.49. The zero-order valence-electron chi connectivity index (χ0n) is 16.1. The van der Waals surface area contributed by atoms with E-state index in [1.807, 2.05) is 0 Å². The monoisotopic (exact) mass is 615 g/mol. The maximum absolute atomic E-state index is 13.4. The molecule has 0 aromatic rings. The van der Waals surface area contributed by atoms with E-state index in [1.54, 1.807) is 0 Å². The van der Waals surface area contributed by atoms with Crippen molar-refractivity contribution in [3.63, 3.8) is 0 Å². The summed E-state index contributed by atoms with van der Waals surface area (Å²) < 4.78 is 312. The minimum absolute atomic E-state index is 1.49. The summed E-state index contributed by atoms with van der Waals surface area (Å²) in [7, 11) is 0. The normalized spacial score (nSPS) is 17.0. The van der Waals surface area contributed by atoms with Gasteiger partial charge in [0.2, 0.25) is 0 Å². The largest absolute Gasteiger partial charge is 0.385 e. The fourth-order valence-corrected chi connectivity index (χ4v) is 1.97. The Hall–Kier alpha value is -1.68. The maximum Gasteiger partial charge on any atom is 0.385 e. The molecule has 0 nitrogen and oxygen atoms in total. The van der Waals surface area contributed by atoms with Gasteiger partial charge in [0, 0.05) is 6.92 Å². The van der Waals surface area contributed by atoms with Crippen molar-refractivity contribution < 1.29 is 105 Å². The minimum atomic E-state index is -9.43. The standard InChI is InChI=1S/C13H3F24/c1-3(16,17)5(20,21)7(24,25)9(28,29)11(32,33)13(36,37)12(34,35)10(30,31)8(26,27)6(22,23)4(18,19)2(14)15/h1H3. The maximum atomic E-state index is 13.4. The minimum Gasteiger partial charge on any atom is -0.200 e. The molecule has 0 spiro atoms. The highest BCUT2D eigenvalue weighted by Gasteiger charge is 2.98. The molecule has 0 fully saturated rings. The summed E-state index contributed by atoms with van der Waals surface area (Å²) in [6, 6.07) is 0. The van der Waals surface area contributed by atoms with E-state index >= 15 is 0 Å². The molecule has 0 aliphatic carbocycles. The SMILES string of the molecule is CC(F)(F)C(F)(F)C(F)(F)C(F)(F)C(F)(F)C(F)(F)C(F)(F)C(F)(F)C(F)(F)C(F)(F)C(F)(F)[C](F)F. The predicted octanol–water partition coefficient (Wildman–Crippen LogP) is 8.42. The summed E-state index contributed by atoms with van der Waals surface area (Å²) in [5.74, 6) is -95.6. The van der Waals surface area contributed by atoms with Crippen molar-refractivity contribution in [1.29, 1.82) is 0 Å². The van der Waals surface area contributed by atoms with Crippen molar-refractivity contribution >= 4 is 0 Å². The topological polar surface area (TPSA) is 0 Å². The highest BCUT2D eigenvalue weighted by Crippen LogP contribution is 2.67. The lowest BCUT2D eigenvalue weighted by Crippen LogP contribution is -2.77. The van der Waals surface area contributed by atoms with Gasteiger partial charge in [-0.05, 0) is 0 Å². The molecule has 0 N–H and O–H groups in total. The Morgan fingerprint density at radius 2 is 0.459 bits per heavy atom. The van der Waals surface area contributed by atoms with E-state index in [1.165, 1.54) is 0 Å². The lowest BCUT2D eigenvalue weighted by Gasteiger charge is -2.45. The molecule has 223 valence electrons. The Kier molecular flexibility index (Phi) is 8.03. The van der Waals surface area contributed by atoms with E-state index in [2.05, 4.69) is 0 Å². The van der Waals surface area contributed by atoms with Crippen LogP contribution in [0.25, 0.3) is 0 Å². The fraction of sp³-hybridized carbons (Fsp3) is 0.923. The number of alkyl halides is 22. The summed E-state index contributed by atoms with van der Waals surface area (Å²) in [4.78, 5) is 0. The fourth-order valence-electron chi connectivity index (χ4n) is 1.97. The Labute approximate surface area is 185 Å². The van der Waals surface area contributed by atoms with Gasteiger partial charge in [-0.2, -0.15) is 105 Å². The van der Waals surface area contributed by atoms with E-state index in [-0.39, 0.29) is 0 Å². The highest BCUT2D eigenvalue weighted by atomic mass is 19.4. The van der Waals surface area contributed by atoms with E-state index < -0.39 is 78.5 Å². The van der Waals surface area contributed by atoms with Gasteiger partial charge < -0.3 is 0 Å². The van der Waals surface area contributed by atoms with Crippen molar-refractivity contribution in [1.82, 2.24) is 0 Å². The average Bonchev–Trinajstić information content (AvgIpc) is 2.65. The Bertz CT molecular complexity index is 826. The van der Waals surface area contributed by atoms with Crippen LogP contribution >= 0.6 is 0 Å². The molecule has 0 aliphatic heterocycles. The van der Waals surface area contributed by atoms with Crippen LogP contribution in [0.15, 0.2) is 0 Å². The van der Waals surface area contributed by atoms with Crippen molar-refractivity contribution in [2.75, 3.05) is 0 Å². The van der Waals surface area contributed by atoms with Crippen LogP contribution < -0.4 is 0 Å². The summed E-state index contributed by atoms with van der Waals surface area (Å²) in [5, 5.41) is 0. The van der Waals surface area contributed by atoms with E-state index in [4.69, 9.17) is 0 Å². The van der Waals surface area contributed by atoms with Crippen molar-refractivity contribution in [2.45, 2.75) is 72.1 Å². The smallest absolute Gasteiger partial charge is 0.200 e. The second kappa shape index (κ2) is 8.41. The second-order valence-corrected chi connectivity index (χ2v) is 6.89. The number of rotatable bonds is 11. The Morgan fingerprint density at radius 3 is 0.622 bits per heavy atom. The third kappa shape index (κ3) is 4.03. The zero-order chi connectivity index (χ0) is 31.1. The third-order valence-corrected chi connectivity index (χ3v) is 4.34. The van der Waals surface area contributed by atoms with Gasteiger partial charge in [-0.3, -0.25) is 0 Å². The van der Waals surface area contributed by atoms with Crippen molar-refractivity contribution in [2.24, 2.45) is 0 Å². The Morgan fingerprint density at radius 1 is 0.297 bits per heavy atom. The zero-order valence-corrected chi connectivity index (χ0v) is 16.1. The molecular formula is C13H3F24. The van der Waals surface area contributed by atoms with Crippen LogP contribution in [0.5, 0.6) is 0 Å². The molecule has 0 saturated heterocycles. The third-order valence-electron chi connectivity index (χ3n) is 4.34. The molecule has 24 heteroatoms. The van der Waals surface area contributed by atoms with Gasteiger partial charge in [0.1, 0.15) is 0 Å². The molecule has 0 aliphatic rings. The quantitative estimate of drug-likeness (QED) is 0.205. The van der Waals surface area contributed by atoms with Gasteiger partial charge in [-0.25, -0.2) is 0 Å². The Balaban J connectivity index is 7.22. The molecule has 37 heavy (non-hydrogen) atoms. The molecule has 0 saturated carbocycles. The second-order valence-electron chi connectivity index (χ2n) is 6.89. The van der Waals surface area contributed by atoms with E-state index in [9.17, 15) is 105 Å². The number of hydrogen-bond acceptors (Lipinski definition) is 0. The molecule has 0 amide bonds. The van der Waals surface area contributed by atoms with Gasteiger partial charge in [-0.15, -0.1) is 0 Å². The van der Waals surface area contributed by atoms with Crippen LogP contribution in [0.1, 0.15) is 6.92 Å². The van der Waals surface area contributed by atoms with Gasteiger partial charge in [-0.1, -0.05) is 0 Å².